The molecule has 0 atom stereocenters. The van der Waals surface area contributed by atoms with Crippen molar-refractivity contribution in [1.29, 1.82) is 0 Å². The molecule has 0 bridgehead atoms. The van der Waals surface area contributed by atoms with E-state index in [9.17, 15) is 13.2 Å². The van der Waals surface area contributed by atoms with Gasteiger partial charge in [0.15, 0.2) is 10.4 Å². The molecule has 0 aromatic carbocycles. The first-order chi connectivity index (χ1) is 9.79. The number of aromatic nitrogens is 2. The summed E-state index contributed by atoms with van der Waals surface area (Å²) >= 11 is 6.25. The summed E-state index contributed by atoms with van der Waals surface area (Å²) in [5.41, 5.74) is 0. The summed E-state index contributed by atoms with van der Waals surface area (Å²) < 4.78 is 28.8. The van der Waals surface area contributed by atoms with Crippen LogP contribution >= 0.6 is 31.9 Å². The monoisotopic (exact) mass is 442 g/mol. The molecule has 0 spiro atoms. The molecule has 1 fully saturated rings. The number of anilines is 1. The molecule has 0 amide bonds. The molecule has 1 aromatic rings. The predicted molar refractivity (Wildman–Crippen MR) is 81.9 cm³/mol. The first-order valence-electron chi connectivity index (χ1n) is 5.98. The number of piperidine rings is 1. The Bertz CT molecular complexity index is 646. The number of aliphatic carboxylic acids is 1. The molecule has 1 aromatic heterocycles. The fourth-order valence-electron chi connectivity index (χ4n) is 1.94. The minimum absolute atomic E-state index is 0.0820. The highest BCUT2D eigenvalue weighted by molar-refractivity contribution is 9.11. The molecule has 1 aliphatic heterocycles. The van der Waals surface area contributed by atoms with Crippen LogP contribution in [0, 0.1) is 5.92 Å². The van der Waals surface area contributed by atoms with Crippen molar-refractivity contribution in [3.63, 3.8) is 0 Å². The lowest BCUT2D eigenvalue weighted by molar-refractivity contribution is -0.142. The summed E-state index contributed by atoms with van der Waals surface area (Å²) in [5, 5.41) is 8.91. The van der Waals surface area contributed by atoms with E-state index in [1.54, 1.807) is 0 Å². The molecule has 0 radical (unpaired) electrons. The lowest BCUT2D eigenvalue weighted by Crippen LogP contribution is -2.43. The average Bonchev–Trinajstić information content (AvgIpc) is 2.42. The minimum atomic E-state index is -3.78. The molecule has 21 heavy (non-hydrogen) atoms. The molecule has 2 heterocycles. The lowest BCUT2D eigenvalue weighted by atomic mass is 9.99. The third-order valence-corrected chi connectivity index (χ3v) is 5.50. The molecule has 2 rings (SSSR count). The van der Waals surface area contributed by atoms with Crippen molar-refractivity contribution in [2.24, 2.45) is 5.92 Å². The van der Waals surface area contributed by atoms with E-state index in [-0.39, 0.29) is 23.5 Å². The van der Waals surface area contributed by atoms with Gasteiger partial charge in [-0.25, -0.2) is 9.97 Å². The van der Waals surface area contributed by atoms with E-state index in [0.717, 1.165) is 0 Å². The van der Waals surface area contributed by atoms with Gasteiger partial charge in [-0.1, -0.05) is 0 Å². The standard InChI is InChI=1S/C10H12Br2N4O4S/c11-7-5-13-9(8(12)14-7)15-21(19,20)16-3-1-6(2-4-16)10(17)18/h5-6H,1-4H2,(H,13,15)(H,17,18). The molecule has 1 saturated heterocycles. The van der Waals surface area contributed by atoms with Crippen molar-refractivity contribution in [3.05, 3.63) is 15.4 Å². The van der Waals surface area contributed by atoms with Gasteiger partial charge in [-0.05, 0) is 44.7 Å². The number of carboxylic acid groups (broad SMARTS) is 1. The van der Waals surface area contributed by atoms with Gasteiger partial charge < -0.3 is 5.11 Å². The maximum absolute atomic E-state index is 12.2. The van der Waals surface area contributed by atoms with E-state index in [1.165, 1.54) is 10.5 Å². The average molecular weight is 444 g/mol. The zero-order chi connectivity index (χ0) is 15.6. The summed E-state index contributed by atoms with van der Waals surface area (Å²) in [5.74, 6) is -1.30. The third kappa shape index (κ3) is 4.11. The van der Waals surface area contributed by atoms with Crippen molar-refractivity contribution in [3.8, 4) is 0 Å². The Kier molecular flexibility index (Phi) is 5.17. The topological polar surface area (TPSA) is 112 Å². The van der Waals surface area contributed by atoms with Crippen LogP contribution in [-0.4, -0.2) is 46.9 Å². The molecule has 8 nitrogen and oxygen atoms in total. The molecule has 1 aliphatic rings. The van der Waals surface area contributed by atoms with E-state index < -0.39 is 22.1 Å². The van der Waals surface area contributed by atoms with Gasteiger partial charge in [0.25, 0.3) is 0 Å². The first-order valence-corrected chi connectivity index (χ1v) is 9.01. The van der Waals surface area contributed by atoms with Crippen molar-refractivity contribution < 1.29 is 18.3 Å². The molecule has 0 saturated carbocycles. The van der Waals surface area contributed by atoms with Crippen LogP contribution in [0.25, 0.3) is 0 Å². The smallest absolute Gasteiger partial charge is 0.306 e. The SMILES string of the molecule is O=C(O)C1CCN(S(=O)(=O)Nc2ncc(Br)nc2Br)CC1. The Morgan fingerprint density at radius 3 is 2.52 bits per heavy atom. The van der Waals surface area contributed by atoms with E-state index in [0.29, 0.717) is 17.4 Å². The number of rotatable bonds is 4. The zero-order valence-corrected chi connectivity index (χ0v) is 14.6. The number of carbonyl (C=O) groups is 1. The van der Waals surface area contributed by atoms with Crippen LogP contribution in [0.15, 0.2) is 15.4 Å². The lowest BCUT2D eigenvalue weighted by Gasteiger charge is -2.29. The summed E-state index contributed by atoms with van der Waals surface area (Å²) in [4.78, 5) is 18.8. The van der Waals surface area contributed by atoms with Crippen LogP contribution in [0.5, 0.6) is 0 Å². The van der Waals surface area contributed by atoms with Crippen molar-refractivity contribution in [1.82, 2.24) is 14.3 Å². The highest BCUT2D eigenvalue weighted by atomic mass is 79.9. The number of nitrogens with one attached hydrogen (secondary N) is 1. The molecular weight excluding hydrogens is 432 g/mol. The van der Waals surface area contributed by atoms with Crippen molar-refractivity contribution in [2.45, 2.75) is 12.8 Å². The van der Waals surface area contributed by atoms with E-state index in [2.05, 4.69) is 46.5 Å². The normalized spacial score (nSPS) is 17.6. The molecule has 116 valence electrons. The number of hydrogen-bond acceptors (Lipinski definition) is 5. The summed E-state index contributed by atoms with van der Waals surface area (Å²) in [7, 11) is -3.78. The Labute approximate surface area is 138 Å². The highest BCUT2D eigenvalue weighted by Crippen LogP contribution is 2.24. The first kappa shape index (κ1) is 16.6. The van der Waals surface area contributed by atoms with Gasteiger partial charge in [-0.2, -0.15) is 12.7 Å². The van der Waals surface area contributed by atoms with Crippen LogP contribution in [0.2, 0.25) is 0 Å². The quantitative estimate of drug-likeness (QED) is 0.728. The largest absolute Gasteiger partial charge is 0.481 e. The van der Waals surface area contributed by atoms with Gasteiger partial charge >= 0.3 is 16.2 Å². The molecular formula is C10H12Br2N4O4S. The Morgan fingerprint density at radius 2 is 2.00 bits per heavy atom. The third-order valence-electron chi connectivity index (χ3n) is 3.07. The maximum Gasteiger partial charge on any atom is 0.306 e. The fraction of sp³-hybridized carbons (Fsp3) is 0.500. The number of carboxylic acids is 1. The Balaban J connectivity index is 2.07. The van der Waals surface area contributed by atoms with Crippen LogP contribution in [0.1, 0.15) is 12.8 Å². The highest BCUT2D eigenvalue weighted by Gasteiger charge is 2.31. The molecule has 0 unspecified atom stereocenters. The Hall–Kier alpha value is -0.780. The number of nitrogens with zero attached hydrogens (tertiary/aromatic N) is 3. The number of halogens is 2. The second-order valence-electron chi connectivity index (χ2n) is 4.45. The van der Waals surface area contributed by atoms with Crippen LogP contribution in [-0.2, 0) is 15.0 Å². The molecule has 2 N–H and O–H groups in total. The van der Waals surface area contributed by atoms with Crippen molar-refractivity contribution >= 4 is 53.9 Å². The van der Waals surface area contributed by atoms with Gasteiger partial charge in [0.05, 0.1) is 12.1 Å². The second-order valence-corrected chi connectivity index (χ2v) is 7.69. The predicted octanol–water partition coefficient (Wildman–Crippen LogP) is 1.45. The maximum atomic E-state index is 12.2. The van der Waals surface area contributed by atoms with Crippen molar-refractivity contribution in [2.75, 3.05) is 17.8 Å². The summed E-state index contributed by atoms with van der Waals surface area (Å²) in [6.07, 6.45) is 1.96. The second kappa shape index (κ2) is 6.55. The van der Waals surface area contributed by atoms with Crippen LogP contribution in [0.4, 0.5) is 5.82 Å². The summed E-state index contributed by atoms with van der Waals surface area (Å²) in [6.45, 7) is 0.321. The van der Waals surface area contributed by atoms with Crippen LogP contribution < -0.4 is 4.72 Å². The Morgan fingerprint density at radius 1 is 1.38 bits per heavy atom. The summed E-state index contributed by atoms with van der Waals surface area (Å²) in [6, 6.07) is 0. The van der Waals surface area contributed by atoms with E-state index >= 15 is 0 Å². The number of hydrogen-bond donors (Lipinski definition) is 2. The molecule has 0 aliphatic carbocycles. The van der Waals surface area contributed by atoms with Crippen LogP contribution in [0.3, 0.4) is 0 Å². The van der Waals surface area contributed by atoms with Gasteiger partial charge in [0.2, 0.25) is 0 Å². The van der Waals surface area contributed by atoms with E-state index in [4.69, 9.17) is 5.11 Å². The van der Waals surface area contributed by atoms with Gasteiger partial charge in [-0.3, -0.25) is 9.52 Å². The zero-order valence-electron chi connectivity index (χ0n) is 10.7. The minimum Gasteiger partial charge on any atom is -0.481 e. The van der Waals surface area contributed by atoms with Gasteiger partial charge in [-0.15, -0.1) is 0 Å². The fourth-order valence-corrected chi connectivity index (χ4v) is 4.20. The van der Waals surface area contributed by atoms with E-state index in [1.807, 2.05) is 0 Å². The van der Waals surface area contributed by atoms with Gasteiger partial charge in [0.1, 0.15) is 4.60 Å². The van der Waals surface area contributed by atoms with Gasteiger partial charge in [0, 0.05) is 13.1 Å². The molecule has 11 heteroatoms.